The van der Waals surface area contributed by atoms with E-state index in [-0.39, 0.29) is 18.1 Å². The molecule has 6 nitrogen and oxygen atoms in total. The summed E-state index contributed by atoms with van der Waals surface area (Å²) in [5.74, 6) is 0.247. The van der Waals surface area contributed by atoms with Crippen LogP contribution in [0.5, 0.6) is 5.88 Å². The Morgan fingerprint density at radius 1 is 1.65 bits per heavy atom. The summed E-state index contributed by atoms with van der Waals surface area (Å²) in [4.78, 5) is 22.2. The highest BCUT2D eigenvalue weighted by atomic mass is 16.5. The highest BCUT2D eigenvalue weighted by Gasteiger charge is 2.57. The maximum Gasteiger partial charge on any atom is 0.284 e. The SMILES string of the molecule is [C-]#[N+][C@@H]1C[C@]2(CN1C(C)C)Oc1ncccc1NC2=O. The lowest BCUT2D eigenvalue weighted by molar-refractivity contribution is -0.131. The van der Waals surface area contributed by atoms with Crippen molar-refractivity contribution in [3.05, 3.63) is 29.7 Å². The van der Waals surface area contributed by atoms with E-state index in [4.69, 9.17) is 11.3 Å². The van der Waals surface area contributed by atoms with Gasteiger partial charge in [-0.05, 0) is 26.0 Å². The van der Waals surface area contributed by atoms with Crippen molar-refractivity contribution in [1.29, 1.82) is 0 Å². The molecule has 6 heteroatoms. The van der Waals surface area contributed by atoms with Crippen molar-refractivity contribution >= 4 is 11.6 Å². The number of pyridine rings is 1. The third-order valence-electron chi connectivity index (χ3n) is 3.87. The average molecular weight is 272 g/mol. The van der Waals surface area contributed by atoms with E-state index in [0.29, 0.717) is 24.5 Å². The van der Waals surface area contributed by atoms with Gasteiger partial charge in [0.05, 0.1) is 13.0 Å². The van der Waals surface area contributed by atoms with Crippen molar-refractivity contribution in [3.8, 4) is 5.88 Å². The van der Waals surface area contributed by atoms with Crippen LogP contribution in [-0.2, 0) is 4.79 Å². The standard InChI is InChI=1S/C14H16N4O2/c1-9(2)18-8-14(7-11(18)15-3)13(19)17-10-5-4-6-16-12(10)20-14/h4-6,9,11H,7-8H2,1-2H3,(H,17,19)/t11-,14+/m0/s1. The summed E-state index contributed by atoms with van der Waals surface area (Å²) in [6.45, 7) is 11.8. The Kier molecular flexibility index (Phi) is 2.87. The van der Waals surface area contributed by atoms with E-state index in [2.05, 4.69) is 15.1 Å². The number of fused-ring (bicyclic) bond motifs is 1. The lowest BCUT2D eigenvalue weighted by atomic mass is 9.99. The van der Waals surface area contributed by atoms with Crippen LogP contribution in [0.1, 0.15) is 20.3 Å². The van der Waals surface area contributed by atoms with Crippen LogP contribution in [0, 0.1) is 6.57 Å². The van der Waals surface area contributed by atoms with Crippen molar-refractivity contribution in [2.24, 2.45) is 0 Å². The molecule has 0 radical (unpaired) electrons. The van der Waals surface area contributed by atoms with Gasteiger partial charge < -0.3 is 10.1 Å². The normalized spacial score (nSPS) is 28.9. The van der Waals surface area contributed by atoms with Crippen LogP contribution in [-0.4, -0.2) is 40.1 Å². The number of nitrogens with zero attached hydrogens (tertiary/aromatic N) is 3. The molecule has 0 unspecified atom stereocenters. The molecule has 1 aromatic rings. The zero-order chi connectivity index (χ0) is 14.3. The molecule has 3 rings (SSSR count). The molecule has 2 atom stereocenters. The summed E-state index contributed by atoms with van der Waals surface area (Å²) < 4.78 is 5.90. The lowest BCUT2D eigenvalue weighted by Gasteiger charge is -2.33. The number of rotatable bonds is 1. The Morgan fingerprint density at radius 2 is 2.45 bits per heavy atom. The molecule has 2 aliphatic rings. The number of amides is 1. The molecule has 2 aliphatic heterocycles. The zero-order valence-corrected chi connectivity index (χ0v) is 11.5. The molecule has 3 heterocycles. The molecule has 104 valence electrons. The molecule has 1 aromatic heterocycles. The minimum absolute atomic E-state index is 0.185. The second-order valence-electron chi connectivity index (χ2n) is 5.49. The molecule has 1 saturated heterocycles. The predicted molar refractivity (Wildman–Crippen MR) is 73.1 cm³/mol. The predicted octanol–water partition coefficient (Wildman–Crippen LogP) is 1.51. The molecule has 1 amide bonds. The van der Waals surface area contributed by atoms with Crippen LogP contribution in [0.2, 0.25) is 0 Å². The second kappa shape index (κ2) is 4.46. The van der Waals surface area contributed by atoms with Gasteiger partial charge in [-0.2, -0.15) is 0 Å². The lowest BCUT2D eigenvalue weighted by Crippen LogP contribution is -2.53. The maximum absolute atomic E-state index is 12.4. The number of carbonyl (C=O) groups is 1. The van der Waals surface area contributed by atoms with Gasteiger partial charge in [0.25, 0.3) is 12.1 Å². The number of ether oxygens (including phenoxy) is 1. The molecular weight excluding hydrogens is 256 g/mol. The van der Waals surface area contributed by atoms with Gasteiger partial charge in [0.15, 0.2) is 0 Å². The quantitative estimate of drug-likeness (QED) is 0.787. The van der Waals surface area contributed by atoms with Crippen LogP contribution in [0.25, 0.3) is 4.85 Å². The largest absolute Gasteiger partial charge is 0.458 e. The van der Waals surface area contributed by atoms with Crippen LogP contribution in [0.15, 0.2) is 18.3 Å². The maximum atomic E-state index is 12.4. The Hall–Kier alpha value is -2.13. The Bertz CT molecular complexity index is 595. The van der Waals surface area contributed by atoms with Gasteiger partial charge in [-0.1, -0.05) is 0 Å². The fourth-order valence-corrected chi connectivity index (χ4v) is 2.80. The summed E-state index contributed by atoms with van der Waals surface area (Å²) in [5, 5.41) is 2.84. The van der Waals surface area contributed by atoms with Crippen LogP contribution in [0.3, 0.4) is 0 Å². The van der Waals surface area contributed by atoms with Gasteiger partial charge >= 0.3 is 0 Å². The summed E-state index contributed by atoms with van der Waals surface area (Å²) >= 11 is 0. The summed E-state index contributed by atoms with van der Waals surface area (Å²) in [6.07, 6.45) is 1.67. The van der Waals surface area contributed by atoms with Gasteiger partial charge in [-0.15, -0.1) is 0 Å². The number of anilines is 1. The minimum Gasteiger partial charge on any atom is -0.458 e. The van der Waals surface area contributed by atoms with Crippen molar-refractivity contribution in [3.63, 3.8) is 0 Å². The molecule has 0 aliphatic carbocycles. The van der Waals surface area contributed by atoms with E-state index in [1.807, 2.05) is 18.7 Å². The van der Waals surface area contributed by atoms with Gasteiger partial charge in [-0.3, -0.25) is 9.64 Å². The van der Waals surface area contributed by atoms with Crippen LogP contribution < -0.4 is 10.1 Å². The fourth-order valence-electron chi connectivity index (χ4n) is 2.80. The minimum atomic E-state index is -0.999. The fraction of sp³-hybridized carbons (Fsp3) is 0.500. The van der Waals surface area contributed by atoms with Crippen LogP contribution in [0.4, 0.5) is 5.69 Å². The first kappa shape index (κ1) is 12.9. The van der Waals surface area contributed by atoms with Crippen molar-refractivity contribution in [1.82, 2.24) is 9.88 Å². The molecule has 20 heavy (non-hydrogen) atoms. The molecule has 1 spiro atoms. The first-order valence-electron chi connectivity index (χ1n) is 6.63. The third kappa shape index (κ3) is 1.82. The molecule has 0 aromatic carbocycles. The number of hydrogen-bond donors (Lipinski definition) is 1. The third-order valence-corrected chi connectivity index (χ3v) is 3.87. The average Bonchev–Trinajstić information content (AvgIpc) is 2.80. The highest BCUT2D eigenvalue weighted by Crippen LogP contribution is 2.39. The van der Waals surface area contributed by atoms with E-state index in [0.717, 1.165) is 0 Å². The summed E-state index contributed by atoms with van der Waals surface area (Å²) in [5.41, 5.74) is -0.411. The zero-order valence-electron chi connectivity index (χ0n) is 11.5. The number of likely N-dealkylation sites (tertiary alicyclic amines) is 1. The number of nitrogens with one attached hydrogen (secondary N) is 1. The smallest absolute Gasteiger partial charge is 0.284 e. The molecule has 1 fully saturated rings. The van der Waals surface area contributed by atoms with E-state index in [1.165, 1.54) is 0 Å². The number of aromatic nitrogens is 1. The van der Waals surface area contributed by atoms with E-state index in [9.17, 15) is 4.79 Å². The van der Waals surface area contributed by atoms with Crippen molar-refractivity contribution in [2.75, 3.05) is 11.9 Å². The van der Waals surface area contributed by atoms with Gasteiger partial charge in [0.1, 0.15) is 5.69 Å². The Morgan fingerprint density at radius 3 is 3.10 bits per heavy atom. The highest BCUT2D eigenvalue weighted by molar-refractivity contribution is 6.00. The Labute approximate surface area is 117 Å². The van der Waals surface area contributed by atoms with Gasteiger partial charge in [-0.25, -0.2) is 16.5 Å². The second-order valence-corrected chi connectivity index (χ2v) is 5.49. The van der Waals surface area contributed by atoms with E-state index in [1.54, 1.807) is 18.3 Å². The van der Waals surface area contributed by atoms with E-state index < -0.39 is 5.60 Å². The monoisotopic (exact) mass is 272 g/mol. The molecule has 0 saturated carbocycles. The van der Waals surface area contributed by atoms with Gasteiger partial charge in [0.2, 0.25) is 11.5 Å². The number of hydrogen-bond acceptors (Lipinski definition) is 4. The van der Waals surface area contributed by atoms with Crippen molar-refractivity contribution in [2.45, 2.75) is 38.1 Å². The molecular formula is C14H16N4O2. The van der Waals surface area contributed by atoms with E-state index >= 15 is 0 Å². The van der Waals surface area contributed by atoms with Crippen LogP contribution >= 0.6 is 0 Å². The molecule has 0 bridgehead atoms. The first-order chi connectivity index (χ1) is 9.55. The Balaban J connectivity index is 1.95. The topological polar surface area (TPSA) is 58.8 Å². The summed E-state index contributed by atoms with van der Waals surface area (Å²) in [6, 6.07) is 3.70. The van der Waals surface area contributed by atoms with Crippen molar-refractivity contribution < 1.29 is 9.53 Å². The number of carbonyl (C=O) groups excluding carboxylic acids is 1. The van der Waals surface area contributed by atoms with Gasteiger partial charge in [0, 0.05) is 12.2 Å². The molecule has 1 N–H and O–H groups in total. The summed E-state index contributed by atoms with van der Waals surface area (Å²) in [7, 11) is 0. The first-order valence-corrected chi connectivity index (χ1v) is 6.63.